The van der Waals surface area contributed by atoms with Crippen LogP contribution in [-0.4, -0.2) is 50.0 Å². The van der Waals surface area contributed by atoms with E-state index in [1.165, 1.54) is 10.6 Å². The van der Waals surface area contributed by atoms with E-state index < -0.39 is 16.1 Å². The molecule has 0 fully saturated rings. The van der Waals surface area contributed by atoms with Crippen molar-refractivity contribution in [3.63, 3.8) is 0 Å². The van der Waals surface area contributed by atoms with Crippen LogP contribution in [0.4, 0.5) is 5.69 Å². The number of carbonyl (C=O) groups excluding carboxylic acids is 2. The molecular formula is C25H34BrN3O4S. The van der Waals surface area contributed by atoms with Gasteiger partial charge in [-0.3, -0.25) is 13.9 Å². The molecule has 1 N–H and O–H groups in total. The number of aryl methyl sites for hydroxylation is 1. The van der Waals surface area contributed by atoms with E-state index in [2.05, 4.69) is 21.2 Å². The highest BCUT2D eigenvalue weighted by Crippen LogP contribution is 2.23. The number of nitrogens with zero attached hydrogens (tertiary/aromatic N) is 2. The summed E-state index contributed by atoms with van der Waals surface area (Å²) in [5, 5.41) is 2.87. The predicted molar refractivity (Wildman–Crippen MR) is 140 cm³/mol. The van der Waals surface area contributed by atoms with Crippen LogP contribution in [0.2, 0.25) is 0 Å². The highest BCUT2D eigenvalue weighted by Gasteiger charge is 2.27. The van der Waals surface area contributed by atoms with Gasteiger partial charge in [0.15, 0.2) is 0 Å². The molecule has 0 aliphatic heterocycles. The second-order valence-electron chi connectivity index (χ2n) is 8.71. The van der Waals surface area contributed by atoms with Gasteiger partial charge in [0, 0.05) is 30.0 Å². The molecule has 0 saturated carbocycles. The molecule has 0 bridgehead atoms. The fourth-order valence-electron chi connectivity index (χ4n) is 3.60. The maximum atomic E-state index is 13.2. The molecule has 0 aromatic heterocycles. The Labute approximate surface area is 211 Å². The summed E-state index contributed by atoms with van der Waals surface area (Å²) >= 11 is 3.41. The van der Waals surface area contributed by atoms with Crippen LogP contribution in [0.25, 0.3) is 0 Å². The fraction of sp³-hybridized carbons (Fsp3) is 0.440. The number of hydrogen-bond acceptors (Lipinski definition) is 4. The summed E-state index contributed by atoms with van der Waals surface area (Å²) in [7, 11) is -3.51. The molecule has 34 heavy (non-hydrogen) atoms. The third-order valence-corrected chi connectivity index (χ3v) is 7.11. The maximum Gasteiger partial charge on any atom is 0.242 e. The zero-order chi connectivity index (χ0) is 25.5. The molecule has 0 spiro atoms. The minimum absolute atomic E-state index is 0.0444. The molecule has 0 aliphatic carbocycles. The van der Waals surface area contributed by atoms with Crippen molar-refractivity contribution < 1.29 is 18.0 Å². The van der Waals surface area contributed by atoms with E-state index in [9.17, 15) is 18.0 Å². The lowest BCUT2D eigenvalue weighted by atomic mass is 10.1. The summed E-state index contributed by atoms with van der Waals surface area (Å²) in [6, 6.07) is 14.1. The van der Waals surface area contributed by atoms with E-state index in [0.717, 1.165) is 15.6 Å². The second-order valence-corrected chi connectivity index (χ2v) is 11.5. The van der Waals surface area contributed by atoms with Crippen molar-refractivity contribution in [2.24, 2.45) is 0 Å². The number of anilines is 1. The number of sulfonamides is 1. The van der Waals surface area contributed by atoms with Gasteiger partial charge in [-0.25, -0.2) is 8.42 Å². The van der Waals surface area contributed by atoms with Gasteiger partial charge < -0.3 is 10.2 Å². The van der Waals surface area contributed by atoms with E-state index in [0.29, 0.717) is 12.1 Å². The van der Waals surface area contributed by atoms with Crippen molar-refractivity contribution in [3.05, 3.63) is 64.1 Å². The van der Waals surface area contributed by atoms with Gasteiger partial charge in [0.1, 0.15) is 6.04 Å². The first-order chi connectivity index (χ1) is 15.9. The molecule has 0 unspecified atom stereocenters. The molecule has 2 aromatic carbocycles. The maximum absolute atomic E-state index is 13.2. The molecule has 2 amide bonds. The van der Waals surface area contributed by atoms with Gasteiger partial charge in [-0.05, 0) is 63.4 Å². The summed E-state index contributed by atoms with van der Waals surface area (Å²) < 4.78 is 27.1. The highest BCUT2D eigenvalue weighted by atomic mass is 79.9. The average Bonchev–Trinajstić information content (AvgIpc) is 2.75. The third kappa shape index (κ3) is 8.13. The smallest absolute Gasteiger partial charge is 0.242 e. The van der Waals surface area contributed by atoms with Gasteiger partial charge in [0.05, 0.1) is 11.9 Å². The number of para-hydroxylation sites is 1. The van der Waals surface area contributed by atoms with Gasteiger partial charge in [-0.2, -0.15) is 0 Å². The number of carbonyl (C=O) groups is 2. The van der Waals surface area contributed by atoms with Crippen LogP contribution in [0.15, 0.2) is 53.0 Å². The van der Waals surface area contributed by atoms with E-state index >= 15 is 0 Å². The van der Waals surface area contributed by atoms with Crippen LogP contribution in [0, 0.1) is 6.92 Å². The average molecular weight is 553 g/mol. The monoisotopic (exact) mass is 551 g/mol. The lowest BCUT2D eigenvalue weighted by molar-refractivity contribution is -0.140. The summed E-state index contributed by atoms with van der Waals surface area (Å²) in [4.78, 5) is 27.5. The number of halogens is 1. The molecule has 0 radical (unpaired) electrons. The Hall–Kier alpha value is -2.39. The van der Waals surface area contributed by atoms with Crippen LogP contribution < -0.4 is 9.62 Å². The van der Waals surface area contributed by atoms with Crippen LogP contribution in [0.1, 0.15) is 44.7 Å². The first-order valence-electron chi connectivity index (χ1n) is 11.3. The molecular weight excluding hydrogens is 518 g/mol. The molecule has 2 aromatic rings. The van der Waals surface area contributed by atoms with Gasteiger partial charge in [-0.1, -0.05) is 46.3 Å². The number of benzene rings is 2. The summed E-state index contributed by atoms with van der Waals surface area (Å²) in [5.74, 6) is -0.425. The Morgan fingerprint density at radius 1 is 1.03 bits per heavy atom. The number of amides is 2. The largest absolute Gasteiger partial charge is 0.352 e. The van der Waals surface area contributed by atoms with Gasteiger partial charge in [0.25, 0.3) is 0 Å². The van der Waals surface area contributed by atoms with Gasteiger partial charge >= 0.3 is 0 Å². The van der Waals surface area contributed by atoms with Crippen molar-refractivity contribution in [1.29, 1.82) is 0 Å². The summed E-state index contributed by atoms with van der Waals surface area (Å²) in [6.07, 6.45) is 1.61. The van der Waals surface area contributed by atoms with E-state index in [-0.39, 0.29) is 37.4 Å². The van der Waals surface area contributed by atoms with Crippen molar-refractivity contribution in [3.8, 4) is 0 Å². The molecule has 2 rings (SSSR count). The zero-order valence-corrected chi connectivity index (χ0v) is 22.8. The van der Waals surface area contributed by atoms with Crippen molar-refractivity contribution in [2.45, 2.75) is 59.2 Å². The molecule has 0 saturated heterocycles. The van der Waals surface area contributed by atoms with Crippen LogP contribution in [0.3, 0.4) is 0 Å². The van der Waals surface area contributed by atoms with Gasteiger partial charge in [-0.15, -0.1) is 0 Å². The minimum Gasteiger partial charge on any atom is -0.352 e. The predicted octanol–water partition coefficient (Wildman–Crippen LogP) is 4.25. The Morgan fingerprint density at radius 2 is 1.65 bits per heavy atom. The van der Waals surface area contributed by atoms with Crippen molar-refractivity contribution in [2.75, 3.05) is 17.1 Å². The molecule has 0 aliphatic rings. The van der Waals surface area contributed by atoms with Crippen LogP contribution in [0.5, 0.6) is 0 Å². The van der Waals surface area contributed by atoms with Crippen molar-refractivity contribution in [1.82, 2.24) is 10.2 Å². The van der Waals surface area contributed by atoms with Crippen LogP contribution >= 0.6 is 15.9 Å². The molecule has 186 valence electrons. The Morgan fingerprint density at radius 3 is 2.21 bits per heavy atom. The lowest BCUT2D eigenvalue weighted by Gasteiger charge is -2.30. The Kier molecular flexibility index (Phi) is 10.1. The van der Waals surface area contributed by atoms with Crippen LogP contribution in [-0.2, 0) is 26.2 Å². The topological polar surface area (TPSA) is 86.8 Å². The lowest BCUT2D eigenvalue weighted by Crippen LogP contribution is -2.49. The quantitative estimate of drug-likeness (QED) is 0.452. The first kappa shape index (κ1) is 27.9. The SMILES string of the molecule is Cc1ccccc1N(CCCC(=O)N(Cc1ccc(Br)cc1)[C@@H](C)C(=O)NC(C)C)S(C)(=O)=O. The van der Waals surface area contributed by atoms with Gasteiger partial charge in [0.2, 0.25) is 21.8 Å². The second kappa shape index (κ2) is 12.4. The number of hydrogen-bond donors (Lipinski definition) is 1. The summed E-state index contributed by atoms with van der Waals surface area (Å²) in [6.45, 7) is 7.77. The number of rotatable bonds is 11. The third-order valence-electron chi connectivity index (χ3n) is 5.40. The van der Waals surface area contributed by atoms with Crippen molar-refractivity contribution >= 4 is 43.5 Å². The normalized spacial score (nSPS) is 12.3. The van der Waals surface area contributed by atoms with E-state index in [1.54, 1.807) is 24.0 Å². The fourth-order valence-corrected chi connectivity index (χ4v) is 4.89. The molecule has 1 atom stereocenters. The molecule has 9 heteroatoms. The molecule has 7 nitrogen and oxygen atoms in total. The molecule has 0 heterocycles. The Balaban J connectivity index is 2.17. The van der Waals surface area contributed by atoms with E-state index in [4.69, 9.17) is 0 Å². The van der Waals surface area contributed by atoms with E-state index in [1.807, 2.05) is 57.2 Å². The first-order valence-corrected chi connectivity index (χ1v) is 13.9. The number of nitrogens with one attached hydrogen (secondary N) is 1. The standard InChI is InChI=1S/C25H34BrN3O4S/c1-18(2)27-25(31)20(4)28(17-21-12-14-22(26)15-13-21)24(30)11-8-16-29(34(5,32)33)23-10-7-6-9-19(23)3/h6-7,9-10,12-15,18,20H,8,11,16-17H2,1-5H3,(H,27,31)/t20-/m0/s1. The minimum atomic E-state index is -3.51. The Bertz CT molecular complexity index is 1090. The zero-order valence-electron chi connectivity index (χ0n) is 20.4. The highest BCUT2D eigenvalue weighted by molar-refractivity contribution is 9.10. The summed E-state index contributed by atoms with van der Waals surface area (Å²) in [5.41, 5.74) is 2.35.